The average molecular weight is 220 g/mol. The van der Waals surface area contributed by atoms with E-state index in [1.165, 1.54) is 0 Å². The second-order valence-corrected chi connectivity index (χ2v) is 3.36. The zero-order valence-corrected chi connectivity index (χ0v) is 9.60. The molecule has 1 aliphatic heterocycles. The van der Waals surface area contributed by atoms with Gasteiger partial charge in [0.25, 0.3) is 0 Å². The summed E-state index contributed by atoms with van der Waals surface area (Å²) in [4.78, 5) is 22.0. The van der Waals surface area contributed by atoms with Crippen molar-refractivity contribution in [3.05, 3.63) is 35.9 Å². The fourth-order valence-corrected chi connectivity index (χ4v) is 1.65. The van der Waals surface area contributed by atoms with Crippen molar-refractivity contribution in [2.75, 3.05) is 0 Å². The normalized spacial score (nSPS) is 16.1. The minimum absolute atomic E-state index is 0.00931. The molecule has 1 fully saturated rings. The van der Waals surface area contributed by atoms with Gasteiger partial charge in [0.05, 0.1) is 12.8 Å². The van der Waals surface area contributed by atoms with Crippen LogP contribution < -0.4 is 0 Å². The summed E-state index contributed by atoms with van der Waals surface area (Å²) >= 11 is 0. The fourth-order valence-electron chi connectivity index (χ4n) is 1.65. The number of hydrogen-bond acceptors (Lipinski definition) is 3. The molecule has 0 aliphatic carbocycles. The van der Waals surface area contributed by atoms with Crippen LogP contribution in [-0.2, 0) is 14.3 Å². The number of hydrogen-bond donors (Lipinski definition) is 0. The Balaban J connectivity index is 0.000000606. The SMILES string of the molecule is CC.O=C1CC(c2ccccc2)CC(=O)O1. The van der Waals surface area contributed by atoms with Crippen LogP contribution in [0.1, 0.15) is 38.2 Å². The molecule has 2 rings (SSSR count). The van der Waals surface area contributed by atoms with Gasteiger partial charge in [-0.15, -0.1) is 0 Å². The Morgan fingerprint density at radius 3 is 2.00 bits per heavy atom. The van der Waals surface area contributed by atoms with Crippen LogP contribution in [0, 0.1) is 0 Å². The third-order valence-electron chi connectivity index (χ3n) is 2.32. The molecule has 0 aromatic heterocycles. The van der Waals surface area contributed by atoms with Crippen molar-refractivity contribution in [1.82, 2.24) is 0 Å². The van der Waals surface area contributed by atoms with Gasteiger partial charge in [0.1, 0.15) is 0 Å². The van der Waals surface area contributed by atoms with E-state index in [9.17, 15) is 9.59 Å². The molecule has 0 spiro atoms. The fraction of sp³-hybridized carbons (Fsp3) is 0.385. The molecule has 1 aromatic rings. The summed E-state index contributed by atoms with van der Waals surface area (Å²) in [5, 5.41) is 0. The van der Waals surface area contributed by atoms with Crippen LogP contribution in [0.4, 0.5) is 0 Å². The summed E-state index contributed by atoms with van der Waals surface area (Å²) in [5.74, 6) is -0.852. The maximum atomic E-state index is 11.0. The quantitative estimate of drug-likeness (QED) is 0.539. The Morgan fingerprint density at radius 1 is 1.00 bits per heavy atom. The Morgan fingerprint density at radius 2 is 1.50 bits per heavy atom. The third-order valence-corrected chi connectivity index (χ3v) is 2.32. The van der Waals surface area contributed by atoms with Crippen molar-refractivity contribution in [1.29, 1.82) is 0 Å². The van der Waals surface area contributed by atoms with Crippen molar-refractivity contribution in [3.63, 3.8) is 0 Å². The lowest BCUT2D eigenvalue weighted by molar-refractivity contribution is -0.163. The van der Waals surface area contributed by atoms with E-state index >= 15 is 0 Å². The number of cyclic esters (lactones) is 2. The van der Waals surface area contributed by atoms with E-state index in [2.05, 4.69) is 4.74 Å². The molecular formula is C13H16O3. The van der Waals surface area contributed by atoms with Crippen LogP contribution in [0.15, 0.2) is 30.3 Å². The first-order chi connectivity index (χ1) is 7.75. The number of ether oxygens (including phenoxy) is 1. The molecule has 3 nitrogen and oxygen atoms in total. The van der Waals surface area contributed by atoms with Crippen molar-refractivity contribution in [2.45, 2.75) is 32.6 Å². The smallest absolute Gasteiger partial charge is 0.314 e. The van der Waals surface area contributed by atoms with Gasteiger partial charge < -0.3 is 4.74 Å². The van der Waals surface area contributed by atoms with Crippen LogP contribution in [0.2, 0.25) is 0 Å². The second kappa shape index (κ2) is 6.05. The molecule has 3 heteroatoms. The van der Waals surface area contributed by atoms with Gasteiger partial charge in [-0.25, -0.2) is 0 Å². The molecule has 0 unspecified atom stereocenters. The molecule has 1 aromatic carbocycles. The Labute approximate surface area is 95.4 Å². The highest BCUT2D eigenvalue weighted by atomic mass is 16.6. The van der Waals surface area contributed by atoms with Crippen molar-refractivity contribution in [2.24, 2.45) is 0 Å². The van der Waals surface area contributed by atoms with Gasteiger partial charge in [-0.05, 0) is 5.56 Å². The predicted octanol–water partition coefficient (Wildman–Crippen LogP) is 2.66. The van der Waals surface area contributed by atoms with Crippen molar-refractivity contribution < 1.29 is 14.3 Å². The molecular weight excluding hydrogens is 204 g/mol. The lowest BCUT2D eigenvalue weighted by Gasteiger charge is -2.19. The van der Waals surface area contributed by atoms with Gasteiger partial charge in [-0.3, -0.25) is 9.59 Å². The maximum absolute atomic E-state index is 11.0. The summed E-state index contributed by atoms with van der Waals surface area (Å²) in [6, 6.07) is 9.57. The van der Waals surface area contributed by atoms with E-state index in [1.54, 1.807) is 0 Å². The summed E-state index contributed by atoms with van der Waals surface area (Å²) in [6.07, 6.45) is 0.603. The van der Waals surface area contributed by atoms with Crippen LogP contribution in [0.5, 0.6) is 0 Å². The van der Waals surface area contributed by atoms with E-state index in [0.717, 1.165) is 5.56 Å². The Bertz CT molecular complexity index is 341. The number of carbonyl (C=O) groups excluding carboxylic acids is 2. The number of rotatable bonds is 1. The van der Waals surface area contributed by atoms with Crippen LogP contribution in [0.25, 0.3) is 0 Å². The molecule has 0 N–H and O–H groups in total. The average Bonchev–Trinajstić information content (AvgIpc) is 2.32. The largest absolute Gasteiger partial charge is 0.393 e. The zero-order valence-electron chi connectivity index (χ0n) is 9.60. The van der Waals surface area contributed by atoms with Gasteiger partial charge in [-0.1, -0.05) is 44.2 Å². The minimum atomic E-state index is -0.421. The molecule has 1 aliphatic rings. The van der Waals surface area contributed by atoms with Crippen LogP contribution in [0.3, 0.4) is 0 Å². The Hall–Kier alpha value is -1.64. The molecule has 86 valence electrons. The maximum Gasteiger partial charge on any atom is 0.314 e. The second-order valence-electron chi connectivity index (χ2n) is 3.36. The first-order valence-corrected chi connectivity index (χ1v) is 5.54. The van der Waals surface area contributed by atoms with Gasteiger partial charge in [-0.2, -0.15) is 0 Å². The van der Waals surface area contributed by atoms with Crippen LogP contribution >= 0.6 is 0 Å². The summed E-state index contributed by atoms with van der Waals surface area (Å²) in [7, 11) is 0. The standard InChI is InChI=1S/C11H10O3.C2H6/c12-10-6-9(7-11(13)14-10)8-4-2-1-3-5-8;1-2/h1-5,9H,6-7H2;1-2H3. The Kier molecular flexibility index (Phi) is 4.70. The van der Waals surface area contributed by atoms with Crippen LogP contribution in [-0.4, -0.2) is 11.9 Å². The van der Waals surface area contributed by atoms with Gasteiger partial charge in [0.15, 0.2) is 0 Å². The highest BCUT2D eigenvalue weighted by molar-refractivity contribution is 5.89. The zero-order chi connectivity index (χ0) is 12.0. The highest BCUT2D eigenvalue weighted by Crippen LogP contribution is 2.27. The summed E-state index contributed by atoms with van der Waals surface area (Å²) in [5.41, 5.74) is 1.03. The summed E-state index contributed by atoms with van der Waals surface area (Å²) in [6.45, 7) is 4.00. The van der Waals surface area contributed by atoms with E-state index in [1.807, 2.05) is 44.2 Å². The lowest BCUT2D eigenvalue weighted by atomic mass is 9.91. The van der Waals surface area contributed by atoms with E-state index < -0.39 is 11.9 Å². The van der Waals surface area contributed by atoms with E-state index in [0.29, 0.717) is 12.8 Å². The van der Waals surface area contributed by atoms with Gasteiger partial charge in [0.2, 0.25) is 0 Å². The first-order valence-electron chi connectivity index (χ1n) is 5.54. The van der Waals surface area contributed by atoms with Gasteiger partial charge >= 0.3 is 11.9 Å². The van der Waals surface area contributed by atoms with Crippen molar-refractivity contribution >= 4 is 11.9 Å². The molecule has 0 saturated carbocycles. The molecule has 1 heterocycles. The van der Waals surface area contributed by atoms with Gasteiger partial charge in [0, 0.05) is 5.92 Å². The van der Waals surface area contributed by atoms with E-state index in [4.69, 9.17) is 0 Å². The molecule has 1 saturated heterocycles. The lowest BCUT2D eigenvalue weighted by Crippen LogP contribution is -2.24. The molecule has 16 heavy (non-hydrogen) atoms. The highest BCUT2D eigenvalue weighted by Gasteiger charge is 2.27. The molecule has 0 atom stereocenters. The number of benzene rings is 1. The molecule has 0 amide bonds. The number of esters is 2. The molecule has 0 radical (unpaired) electrons. The summed E-state index contributed by atoms with van der Waals surface area (Å²) < 4.78 is 4.46. The predicted molar refractivity (Wildman–Crippen MR) is 60.9 cm³/mol. The van der Waals surface area contributed by atoms with Crippen molar-refractivity contribution in [3.8, 4) is 0 Å². The molecule has 0 bridgehead atoms. The minimum Gasteiger partial charge on any atom is -0.393 e. The van der Waals surface area contributed by atoms with E-state index in [-0.39, 0.29) is 5.92 Å². The monoisotopic (exact) mass is 220 g/mol. The first kappa shape index (κ1) is 12.4. The topological polar surface area (TPSA) is 43.4 Å². The third kappa shape index (κ3) is 3.19. The number of carbonyl (C=O) groups is 2.